The minimum absolute atomic E-state index is 0.807. The van der Waals surface area contributed by atoms with Crippen LogP contribution in [0.1, 0.15) is 24.8 Å². The number of nitrogen functional groups attached to an aromatic ring is 1. The molecule has 1 nitrogen and oxygen atoms in total. The number of benzene rings is 1. The van der Waals surface area contributed by atoms with Gasteiger partial charge in [-0.1, -0.05) is 24.3 Å². The maximum Gasteiger partial charge on any atom is 0.0314 e. The number of rotatable bonds is 6. The Morgan fingerprint density at radius 3 is 2.47 bits per heavy atom. The first-order chi connectivity index (χ1) is 7.22. The van der Waals surface area contributed by atoms with Gasteiger partial charge in [-0.25, -0.2) is 0 Å². The van der Waals surface area contributed by atoms with Crippen LogP contribution in [0.15, 0.2) is 36.4 Å². The first-order valence-electron chi connectivity index (χ1n) is 5.34. The van der Waals surface area contributed by atoms with Crippen molar-refractivity contribution in [3.8, 4) is 0 Å². The van der Waals surface area contributed by atoms with Crippen molar-refractivity contribution in [2.45, 2.75) is 25.7 Å². The zero-order chi connectivity index (χ0) is 11.1. The van der Waals surface area contributed by atoms with Crippen molar-refractivity contribution in [3.63, 3.8) is 0 Å². The van der Waals surface area contributed by atoms with E-state index in [-0.39, 0.29) is 0 Å². The van der Waals surface area contributed by atoms with Gasteiger partial charge in [0.15, 0.2) is 0 Å². The van der Waals surface area contributed by atoms with Crippen molar-refractivity contribution >= 4 is 18.3 Å². The normalized spacial score (nSPS) is 10.2. The molecule has 0 spiro atoms. The highest BCUT2D eigenvalue weighted by Gasteiger charge is 1.95. The minimum atomic E-state index is 0.807. The summed E-state index contributed by atoms with van der Waals surface area (Å²) in [5.41, 5.74) is 9.05. The molecule has 15 heavy (non-hydrogen) atoms. The molecule has 1 aromatic rings. The summed E-state index contributed by atoms with van der Waals surface area (Å²) in [5.74, 6) is 0.807. The zero-order valence-electron chi connectivity index (χ0n) is 9.08. The molecule has 1 aromatic carbocycles. The Hall–Kier alpha value is -0.890. The lowest BCUT2D eigenvalue weighted by molar-refractivity contribution is 0.732. The fourth-order valence-corrected chi connectivity index (χ4v) is 1.63. The Bertz CT molecular complexity index is 303. The number of thiol groups is 1. The highest BCUT2D eigenvalue weighted by atomic mass is 32.1. The second-order valence-electron chi connectivity index (χ2n) is 3.86. The summed E-state index contributed by atoms with van der Waals surface area (Å²) < 4.78 is 0. The molecule has 0 saturated heterocycles. The van der Waals surface area contributed by atoms with Crippen LogP contribution >= 0.6 is 12.6 Å². The van der Waals surface area contributed by atoms with Crippen molar-refractivity contribution < 1.29 is 0 Å². The van der Waals surface area contributed by atoms with Crippen LogP contribution in [0.3, 0.4) is 0 Å². The fraction of sp³-hybridized carbons (Fsp3) is 0.385. The van der Waals surface area contributed by atoms with Crippen LogP contribution in [-0.2, 0) is 6.42 Å². The Kier molecular flexibility index (Phi) is 5.33. The van der Waals surface area contributed by atoms with Crippen molar-refractivity contribution in [2.75, 3.05) is 11.5 Å². The van der Waals surface area contributed by atoms with E-state index in [1.165, 1.54) is 24.0 Å². The lowest BCUT2D eigenvalue weighted by Crippen LogP contribution is -1.89. The van der Waals surface area contributed by atoms with Crippen molar-refractivity contribution in [2.24, 2.45) is 0 Å². The predicted molar refractivity (Wildman–Crippen MR) is 71.4 cm³/mol. The van der Waals surface area contributed by atoms with Crippen LogP contribution in [0.2, 0.25) is 0 Å². The predicted octanol–water partition coefficient (Wildman–Crippen LogP) is 3.47. The molecule has 2 N–H and O–H groups in total. The van der Waals surface area contributed by atoms with Gasteiger partial charge in [-0.05, 0) is 43.4 Å². The third-order valence-electron chi connectivity index (χ3n) is 2.45. The average Bonchev–Trinajstić information content (AvgIpc) is 2.26. The van der Waals surface area contributed by atoms with Crippen molar-refractivity contribution in [1.29, 1.82) is 0 Å². The lowest BCUT2D eigenvalue weighted by atomic mass is 10.0. The van der Waals surface area contributed by atoms with E-state index in [4.69, 9.17) is 5.73 Å². The van der Waals surface area contributed by atoms with Crippen LogP contribution < -0.4 is 5.73 Å². The van der Waals surface area contributed by atoms with Crippen molar-refractivity contribution in [1.82, 2.24) is 0 Å². The van der Waals surface area contributed by atoms with Crippen LogP contribution in [0.4, 0.5) is 5.69 Å². The molecule has 2 heteroatoms. The quantitative estimate of drug-likeness (QED) is 0.327. The molecule has 0 radical (unpaired) electrons. The molecule has 0 saturated carbocycles. The molecule has 1 rings (SSSR count). The molecular weight excluding hydrogens is 202 g/mol. The first kappa shape index (κ1) is 12.2. The van der Waals surface area contributed by atoms with E-state index in [9.17, 15) is 0 Å². The Morgan fingerprint density at radius 2 is 1.87 bits per heavy atom. The van der Waals surface area contributed by atoms with Gasteiger partial charge >= 0.3 is 0 Å². The maximum absolute atomic E-state index is 5.62. The monoisotopic (exact) mass is 221 g/mol. The molecule has 0 aliphatic heterocycles. The number of unbranched alkanes of at least 4 members (excludes halogenated alkanes) is 1. The largest absolute Gasteiger partial charge is 0.399 e. The molecule has 0 aromatic heterocycles. The Balaban J connectivity index is 2.20. The number of hydrogen-bond donors (Lipinski definition) is 2. The van der Waals surface area contributed by atoms with E-state index in [2.05, 4.69) is 31.3 Å². The fourth-order valence-electron chi connectivity index (χ4n) is 1.47. The van der Waals surface area contributed by atoms with E-state index in [1.54, 1.807) is 0 Å². The third kappa shape index (κ3) is 4.93. The summed E-state index contributed by atoms with van der Waals surface area (Å²) in [6.45, 7) is 3.94. The van der Waals surface area contributed by atoms with Gasteiger partial charge in [-0.2, -0.15) is 12.6 Å². The second-order valence-corrected chi connectivity index (χ2v) is 4.17. The van der Waals surface area contributed by atoms with Gasteiger partial charge < -0.3 is 5.73 Å². The first-order valence-corrected chi connectivity index (χ1v) is 5.97. The summed E-state index contributed by atoms with van der Waals surface area (Å²) >= 11 is 4.19. The number of aryl methyl sites for hydroxylation is 1. The molecule has 0 unspecified atom stereocenters. The molecule has 0 fully saturated rings. The van der Waals surface area contributed by atoms with Gasteiger partial charge in [0.2, 0.25) is 0 Å². The molecule has 0 atom stereocenters. The SMILES string of the molecule is C=C(CS)CCCCc1ccc(N)cc1. The van der Waals surface area contributed by atoms with E-state index in [0.717, 1.165) is 24.3 Å². The van der Waals surface area contributed by atoms with Crippen LogP contribution in [0.25, 0.3) is 0 Å². The van der Waals surface area contributed by atoms with Gasteiger partial charge in [-0.3, -0.25) is 0 Å². The molecule has 0 heterocycles. The summed E-state index contributed by atoms with van der Waals surface area (Å²) in [6.07, 6.45) is 4.62. The van der Waals surface area contributed by atoms with Crippen molar-refractivity contribution in [3.05, 3.63) is 42.0 Å². The molecule has 0 bridgehead atoms. The summed E-state index contributed by atoms with van der Waals surface area (Å²) in [5, 5.41) is 0. The lowest BCUT2D eigenvalue weighted by Gasteiger charge is -2.03. The summed E-state index contributed by atoms with van der Waals surface area (Å²) in [6, 6.07) is 8.12. The van der Waals surface area contributed by atoms with E-state index < -0.39 is 0 Å². The molecule has 0 aliphatic carbocycles. The average molecular weight is 221 g/mol. The highest BCUT2D eigenvalue weighted by Crippen LogP contribution is 2.12. The van der Waals surface area contributed by atoms with E-state index in [1.807, 2.05) is 12.1 Å². The Labute approximate surface area is 97.8 Å². The zero-order valence-corrected chi connectivity index (χ0v) is 9.97. The number of anilines is 1. The van der Waals surface area contributed by atoms with Gasteiger partial charge in [-0.15, -0.1) is 0 Å². The van der Waals surface area contributed by atoms with E-state index >= 15 is 0 Å². The Morgan fingerprint density at radius 1 is 1.20 bits per heavy atom. The summed E-state index contributed by atoms with van der Waals surface area (Å²) in [4.78, 5) is 0. The standard InChI is InChI=1S/C13H19NS/c1-11(10-15)4-2-3-5-12-6-8-13(14)9-7-12/h6-9,15H,1-5,10,14H2. The molecule has 0 amide bonds. The minimum Gasteiger partial charge on any atom is -0.399 e. The molecular formula is C13H19NS. The highest BCUT2D eigenvalue weighted by molar-refractivity contribution is 7.80. The van der Waals surface area contributed by atoms with Crippen LogP contribution in [0.5, 0.6) is 0 Å². The second kappa shape index (κ2) is 6.57. The smallest absolute Gasteiger partial charge is 0.0314 e. The summed E-state index contributed by atoms with van der Waals surface area (Å²) in [7, 11) is 0. The van der Waals surface area contributed by atoms with Gasteiger partial charge in [0, 0.05) is 11.4 Å². The van der Waals surface area contributed by atoms with Gasteiger partial charge in [0.1, 0.15) is 0 Å². The van der Waals surface area contributed by atoms with Gasteiger partial charge in [0.25, 0.3) is 0 Å². The number of hydrogen-bond acceptors (Lipinski definition) is 2. The van der Waals surface area contributed by atoms with Gasteiger partial charge in [0.05, 0.1) is 0 Å². The van der Waals surface area contributed by atoms with E-state index in [0.29, 0.717) is 0 Å². The number of nitrogens with two attached hydrogens (primary N) is 1. The molecule has 0 aliphatic rings. The molecule has 82 valence electrons. The maximum atomic E-state index is 5.62. The third-order valence-corrected chi connectivity index (χ3v) is 2.90. The van der Waals surface area contributed by atoms with Crippen LogP contribution in [0, 0.1) is 0 Å². The van der Waals surface area contributed by atoms with Crippen LogP contribution in [-0.4, -0.2) is 5.75 Å². The topological polar surface area (TPSA) is 26.0 Å².